The van der Waals surface area contributed by atoms with Gasteiger partial charge in [-0.25, -0.2) is 4.68 Å². The minimum Gasteiger partial charge on any atom is -0.367 e. The zero-order valence-electron chi connectivity index (χ0n) is 13.4. The molecule has 0 aliphatic carbocycles. The molecule has 0 bridgehead atoms. The van der Waals surface area contributed by atoms with Gasteiger partial charge in [0, 0.05) is 31.7 Å². The fourth-order valence-electron chi connectivity index (χ4n) is 2.17. The maximum Gasteiger partial charge on any atom is 0.239 e. The first-order chi connectivity index (χ1) is 11.7. The Morgan fingerprint density at radius 1 is 1.08 bits per heavy atom. The molecule has 0 spiro atoms. The van der Waals surface area contributed by atoms with E-state index in [-0.39, 0.29) is 5.91 Å². The molecule has 0 unspecified atom stereocenters. The second kappa shape index (κ2) is 7.40. The predicted octanol–water partition coefficient (Wildman–Crippen LogP) is 1.00. The Morgan fingerprint density at radius 2 is 1.92 bits per heavy atom. The first-order valence-corrected chi connectivity index (χ1v) is 7.68. The number of carbonyl (C=O) groups excluding carboxylic acids is 1. The molecular formula is C16H19N7O. The summed E-state index contributed by atoms with van der Waals surface area (Å²) < 4.78 is 3.50. The molecule has 3 heterocycles. The van der Waals surface area contributed by atoms with Gasteiger partial charge in [-0.15, -0.1) is 10.2 Å². The smallest absolute Gasteiger partial charge is 0.239 e. The molecular weight excluding hydrogens is 306 g/mol. The highest BCUT2D eigenvalue weighted by Gasteiger charge is 2.03. The van der Waals surface area contributed by atoms with Crippen molar-refractivity contribution in [3.63, 3.8) is 0 Å². The molecule has 3 aromatic rings. The molecule has 0 aromatic carbocycles. The summed E-state index contributed by atoms with van der Waals surface area (Å²) in [5.41, 5.74) is 0.926. The lowest BCUT2D eigenvalue weighted by atomic mass is 10.4. The Hall–Kier alpha value is -3.16. The highest BCUT2D eigenvalue weighted by Crippen LogP contribution is 2.06. The summed E-state index contributed by atoms with van der Waals surface area (Å²) in [6, 6.07) is 9.36. The van der Waals surface area contributed by atoms with Gasteiger partial charge in [-0.3, -0.25) is 4.79 Å². The highest BCUT2D eigenvalue weighted by atomic mass is 16.1. The summed E-state index contributed by atoms with van der Waals surface area (Å²) in [4.78, 5) is 11.7. The fourth-order valence-corrected chi connectivity index (χ4v) is 2.17. The van der Waals surface area contributed by atoms with Gasteiger partial charge in [-0.05, 0) is 37.3 Å². The largest absolute Gasteiger partial charge is 0.367 e. The lowest BCUT2D eigenvalue weighted by Gasteiger charge is -2.08. The molecule has 8 heteroatoms. The minimum atomic E-state index is -0.0246. The molecule has 3 aromatic heterocycles. The second-order valence-electron chi connectivity index (χ2n) is 5.31. The molecule has 0 saturated carbocycles. The summed E-state index contributed by atoms with van der Waals surface area (Å²) in [5.74, 6) is 1.29. The molecule has 124 valence electrons. The molecule has 0 saturated heterocycles. The van der Waals surface area contributed by atoms with E-state index < -0.39 is 0 Å². The van der Waals surface area contributed by atoms with Crippen molar-refractivity contribution in [3.8, 4) is 5.82 Å². The summed E-state index contributed by atoms with van der Waals surface area (Å²) >= 11 is 0. The number of anilines is 1. The van der Waals surface area contributed by atoms with Crippen molar-refractivity contribution in [1.29, 1.82) is 0 Å². The number of nitrogens with zero attached hydrogens (tertiary/aromatic N) is 5. The lowest BCUT2D eigenvalue weighted by molar-refractivity contribution is -0.121. The van der Waals surface area contributed by atoms with Gasteiger partial charge in [-0.2, -0.15) is 5.10 Å². The summed E-state index contributed by atoms with van der Waals surface area (Å²) in [5, 5.41) is 18.5. The highest BCUT2D eigenvalue weighted by molar-refractivity contribution is 5.75. The van der Waals surface area contributed by atoms with Crippen molar-refractivity contribution in [2.75, 3.05) is 18.4 Å². The van der Waals surface area contributed by atoms with Gasteiger partial charge in [0.15, 0.2) is 5.82 Å². The van der Waals surface area contributed by atoms with Crippen LogP contribution in [0.2, 0.25) is 0 Å². The maximum atomic E-state index is 11.7. The van der Waals surface area contributed by atoms with Crippen LogP contribution in [0.4, 0.5) is 5.82 Å². The molecule has 0 aliphatic heterocycles. The van der Waals surface area contributed by atoms with E-state index in [2.05, 4.69) is 25.9 Å². The van der Waals surface area contributed by atoms with Crippen LogP contribution in [0.5, 0.6) is 0 Å². The van der Waals surface area contributed by atoms with Crippen LogP contribution < -0.4 is 10.6 Å². The quantitative estimate of drug-likeness (QED) is 0.633. The third kappa shape index (κ3) is 4.19. The van der Waals surface area contributed by atoms with Gasteiger partial charge in [-0.1, -0.05) is 0 Å². The number of aryl methyl sites for hydroxylation is 1. The van der Waals surface area contributed by atoms with E-state index in [0.29, 0.717) is 31.3 Å². The number of nitrogens with one attached hydrogen (secondary N) is 2. The van der Waals surface area contributed by atoms with E-state index in [1.807, 2.05) is 60.4 Å². The molecule has 0 fully saturated rings. The average Bonchev–Trinajstić information content (AvgIpc) is 3.24. The van der Waals surface area contributed by atoms with Crippen LogP contribution in [0.15, 0.2) is 48.9 Å². The molecule has 8 nitrogen and oxygen atoms in total. The maximum absolute atomic E-state index is 11.7. The van der Waals surface area contributed by atoms with Crippen molar-refractivity contribution >= 4 is 11.7 Å². The fraction of sp³-hybridized carbons (Fsp3) is 0.250. The van der Waals surface area contributed by atoms with Gasteiger partial charge in [0.1, 0.15) is 12.4 Å². The number of hydrogen-bond acceptors (Lipinski definition) is 5. The first kappa shape index (κ1) is 15.7. The molecule has 0 radical (unpaired) electrons. The van der Waals surface area contributed by atoms with Crippen LogP contribution in [-0.4, -0.2) is 43.5 Å². The number of amides is 1. The number of hydrogen-bond donors (Lipinski definition) is 2. The van der Waals surface area contributed by atoms with Crippen LogP contribution in [0.3, 0.4) is 0 Å². The van der Waals surface area contributed by atoms with E-state index in [0.717, 1.165) is 5.69 Å². The van der Waals surface area contributed by atoms with Gasteiger partial charge in [0.25, 0.3) is 0 Å². The summed E-state index contributed by atoms with van der Waals surface area (Å²) in [6.45, 7) is 3.34. The van der Waals surface area contributed by atoms with Crippen molar-refractivity contribution in [2.24, 2.45) is 0 Å². The SMILES string of the molecule is Cc1ccn(-c2ccc(NCCNC(=O)Cn3cccc3)nn2)n1. The van der Waals surface area contributed by atoms with Gasteiger partial charge in [0.2, 0.25) is 5.91 Å². The van der Waals surface area contributed by atoms with Crippen LogP contribution in [-0.2, 0) is 11.3 Å². The van der Waals surface area contributed by atoms with Crippen LogP contribution in [0.25, 0.3) is 5.82 Å². The number of carbonyl (C=O) groups is 1. The Balaban J connectivity index is 1.41. The molecule has 3 rings (SSSR count). The first-order valence-electron chi connectivity index (χ1n) is 7.68. The third-order valence-corrected chi connectivity index (χ3v) is 3.35. The predicted molar refractivity (Wildman–Crippen MR) is 89.8 cm³/mol. The minimum absolute atomic E-state index is 0.0246. The molecule has 0 atom stereocenters. The van der Waals surface area contributed by atoms with E-state index in [9.17, 15) is 4.79 Å². The Morgan fingerprint density at radius 3 is 2.58 bits per heavy atom. The van der Waals surface area contributed by atoms with E-state index in [1.165, 1.54) is 0 Å². The zero-order valence-corrected chi connectivity index (χ0v) is 13.4. The van der Waals surface area contributed by atoms with Gasteiger partial charge >= 0.3 is 0 Å². The number of rotatable bonds is 7. The average molecular weight is 325 g/mol. The summed E-state index contributed by atoms with van der Waals surface area (Å²) in [6.07, 6.45) is 5.55. The van der Waals surface area contributed by atoms with Crippen molar-refractivity contribution in [2.45, 2.75) is 13.5 Å². The monoisotopic (exact) mass is 325 g/mol. The van der Waals surface area contributed by atoms with Crippen LogP contribution in [0.1, 0.15) is 5.69 Å². The van der Waals surface area contributed by atoms with E-state index in [4.69, 9.17) is 0 Å². The molecule has 0 aliphatic rings. The second-order valence-corrected chi connectivity index (χ2v) is 5.31. The van der Waals surface area contributed by atoms with Crippen molar-refractivity contribution < 1.29 is 4.79 Å². The van der Waals surface area contributed by atoms with Crippen molar-refractivity contribution in [1.82, 2.24) is 29.9 Å². The zero-order chi connectivity index (χ0) is 16.8. The summed E-state index contributed by atoms with van der Waals surface area (Å²) in [7, 11) is 0. The van der Waals surface area contributed by atoms with Crippen molar-refractivity contribution in [3.05, 3.63) is 54.6 Å². The van der Waals surface area contributed by atoms with Crippen LogP contribution in [0, 0.1) is 6.92 Å². The number of aromatic nitrogens is 5. The van der Waals surface area contributed by atoms with Gasteiger partial charge in [0.05, 0.1) is 5.69 Å². The van der Waals surface area contributed by atoms with E-state index in [1.54, 1.807) is 4.68 Å². The standard InChI is InChI=1S/C16H19N7O/c1-13-6-11-23(21-13)15-5-4-14(19-20-15)17-7-8-18-16(24)12-22-9-2-3-10-22/h2-6,9-11H,7-8,12H2,1H3,(H,17,19)(H,18,24). The van der Waals surface area contributed by atoms with E-state index >= 15 is 0 Å². The molecule has 1 amide bonds. The van der Waals surface area contributed by atoms with Gasteiger partial charge < -0.3 is 15.2 Å². The third-order valence-electron chi connectivity index (χ3n) is 3.35. The molecule has 24 heavy (non-hydrogen) atoms. The van der Waals surface area contributed by atoms with Crippen LogP contribution >= 0.6 is 0 Å². The lowest BCUT2D eigenvalue weighted by Crippen LogP contribution is -2.31. The normalized spacial score (nSPS) is 10.5. The Labute approximate surface area is 139 Å². The topological polar surface area (TPSA) is 89.7 Å². The molecule has 2 N–H and O–H groups in total. The Kier molecular flexibility index (Phi) is 4.85. The Bertz CT molecular complexity index is 777.